The number of aromatic nitrogens is 4. The molecule has 1 amide bonds. The first-order chi connectivity index (χ1) is 14.0. The van der Waals surface area contributed by atoms with Crippen LogP contribution in [-0.2, 0) is 11.2 Å². The van der Waals surface area contributed by atoms with Gasteiger partial charge < -0.3 is 10.6 Å². The van der Waals surface area contributed by atoms with E-state index < -0.39 is 0 Å². The van der Waals surface area contributed by atoms with Crippen LogP contribution in [0.3, 0.4) is 0 Å². The first-order valence-electron chi connectivity index (χ1n) is 8.95. The second-order valence-electron chi connectivity index (χ2n) is 6.49. The number of hydrogen-bond acceptors (Lipinski definition) is 6. The van der Waals surface area contributed by atoms with Gasteiger partial charge in [-0.25, -0.2) is 0 Å². The maximum Gasteiger partial charge on any atom is 0.234 e. The molecule has 4 rings (SSSR count). The predicted octanol–water partition coefficient (Wildman–Crippen LogP) is 3.53. The Bertz CT molecular complexity index is 1200. The van der Waals surface area contributed by atoms with Crippen LogP contribution >= 0.6 is 23.6 Å². The number of thiocarbonyl (C=S) groups is 1. The van der Waals surface area contributed by atoms with E-state index in [4.69, 9.17) is 12.2 Å². The van der Waals surface area contributed by atoms with Crippen LogP contribution in [0.4, 0.5) is 5.69 Å². The van der Waals surface area contributed by atoms with Crippen molar-refractivity contribution in [3.8, 4) is 10.6 Å². The van der Waals surface area contributed by atoms with Gasteiger partial charge in [-0.2, -0.15) is 9.61 Å². The van der Waals surface area contributed by atoms with Gasteiger partial charge >= 0.3 is 0 Å². The molecule has 0 fully saturated rings. The van der Waals surface area contributed by atoms with Gasteiger partial charge in [-0.05, 0) is 43.3 Å². The fourth-order valence-electron chi connectivity index (χ4n) is 2.93. The predicted molar refractivity (Wildman–Crippen MR) is 118 cm³/mol. The zero-order valence-electron chi connectivity index (χ0n) is 15.8. The highest BCUT2D eigenvalue weighted by Gasteiger charge is 2.15. The van der Waals surface area contributed by atoms with E-state index in [9.17, 15) is 4.79 Å². The molecular weight excluding hydrogens is 404 g/mol. The molecule has 146 valence electrons. The summed E-state index contributed by atoms with van der Waals surface area (Å²) in [5.41, 5.74) is 3.71. The summed E-state index contributed by atoms with van der Waals surface area (Å²) in [6, 6.07) is 15.4. The van der Waals surface area contributed by atoms with Crippen molar-refractivity contribution in [2.45, 2.75) is 20.3 Å². The van der Waals surface area contributed by atoms with Crippen molar-refractivity contribution in [3.05, 3.63) is 65.5 Å². The molecule has 9 heteroatoms. The highest BCUT2D eigenvalue weighted by atomic mass is 32.1. The fraction of sp³-hybridized carbons (Fsp3) is 0.150. The minimum Gasteiger partial charge on any atom is -0.332 e. The number of aryl methyl sites for hydroxylation is 1. The van der Waals surface area contributed by atoms with Crippen LogP contribution < -0.4 is 10.6 Å². The number of fused-ring (bicyclic) bond motifs is 1. The SMILES string of the molecule is Cc1c(NC(=S)NC(=O)Cc2ccccc2)cccc1-c1nn2c(C)nnc2s1. The molecule has 2 aromatic carbocycles. The molecule has 0 aliphatic carbocycles. The standard InChI is InChI=1S/C20H18N6OS2/c1-12-15(18-25-26-13(2)23-24-20(26)29-18)9-6-10-16(12)21-19(28)22-17(27)11-14-7-4-3-5-8-14/h3-10H,11H2,1-2H3,(H2,21,22,27,28). The third-order valence-corrected chi connectivity index (χ3v) is 5.56. The summed E-state index contributed by atoms with van der Waals surface area (Å²) in [6.45, 7) is 3.85. The van der Waals surface area contributed by atoms with Crippen LogP contribution in [0, 0.1) is 13.8 Å². The Morgan fingerprint density at radius 3 is 2.66 bits per heavy atom. The second kappa shape index (κ2) is 8.06. The lowest BCUT2D eigenvalue weighted by Crippen LogP contribution is -2.35. The average molecular weight is 423 g/mol. The Balaban J connectivity index is 1.48. The van der Waals surface area contributed by atoms with E-state index in [1.54, 1.807) is 4.52 Å². The number of rotatable bonds is 4. The number of nitrogens with zero attached hydrogens (tertiary/aromatic N) is 4. The Morgan fingerprint density at radius 2 is 1.90 bits per heavy atom. The molecule has 2 aromatic heterocycles. The molecule has 0 saturated carbocycles. The summed E-state index contributed by atoms with van der Waals surface area (Å²) >= 11 is 6.80. The van der Waals surface area contributed by atoms with Crippen molar-refractivity contribution in [2.75, 3.05) is 5.32 Å². The van der Waals surface area contributed by atoms with Crippen LogP contribution in [0.1, 0.15) is 17.0 Å². The number of anilines is 1. The van der Waals surface area contributed by atoms with E-state index in [2.05, 4.69) is 25.9 Å². The number of carbonyl (C=O) groups is 1. The molecule has 2 N–H and O–H groups in total. The van der Waals surface area contributed by atoms with Gasteiger partial charge in [0.25, 0.3) is 0 Å². The summed E-state index contributed by atoms with van der Waals surface area (Å²) < 4.78 is 1.73. The third-order valence-electron chi connectivity index (χ3n) is 4.42. The van der Waals surface area contributed by atoms with Crippen molar-refractivity contribution in [1.82, 2.24) is 25.1 Å². The Morgan fingerprint density at radius 1 is 1.10 bits per heavy atom. The number of amides is 1. The third kappa shape index (κ3) is 4.15. The van der Waals surface area contributed by atoms with Crippen LogP contribution in [0.15, 0.2) is 48.5 Å². The smallest absolute Gasteiger partial charge is 0.234 e. The Kier molecular flexibility index (Phi) is 5.32. The molecule has 0 atom stereocenters. The average Bonchev–Trinajstić information content (AvgIpc) is 3.26. The normalized spacial score (nSPS) is 10.8. The molecule has 4 aromatic rings. The molecule has 0 spiro atoms. The van der Waals surface area contributed by atoms with E-state index in [-0.39, 0.29) is 17.4 Å². The maximum absolute atomic E-state index is 12.2. The van der Waals surface area contributed by atoms with Crippen LogP contribution in [0.5, 0.6) is 0 Å². The molecule has 0 saturated heterocycles. The van der Waals surface area contributed by atoms with Gasteiger partial charge in [0.15, 0.2) is 10.9 Å². The molecule has 0 aliphatic heterocycles. The first-order valence-corrected chi connectivity index (χ1v) is 10.2. The molecule has 0 bridgehead atoms. The van der Waals surface area contributed by atoms with Gasteiger partial charge in [-0.1, -0.05) is 53.8 Å². The Hall–Kier alpha value is -3.17. The maximum atomic E-state index is 12.2. The lowest BCUT2D eigenvalue weighted by molar-refractivity contribution is -0.119. The number of benzene rings is 2. The summed E-state index contributed by atoms with van der Waals surface area (Å²) in [7, 11) is 0. The molecule has 0 unspecified atom stereocenters. The lowest BCUT2D eigenvalue weighted by atomic mass is 10.1. The van der Waals surface area contributed by atoms with E-state index in [1.165, 1.54) is 11.3 Å². The van der Waals surface area contributed by atoms with Crippen molar-refractivity contribution < 1.29 is 4.79 Å². The Labute approximate surface area is 176 Å². The molecular formula is C20H18N6OS2. The van der Waals surface area contributed by atoms with Gasteiger partial charge in [0.1, 0.15) is 5.01 Å². The van der Waals surface area contributed by atoms with Crippen molar-refractivity contribution in [3.63, 3.8) is 0 Å². The highest BCUT2D eigenvalue weighted by molar-refractivity contribution is 7.80. The van der Waals surface area contributed by atoms with Crippen molar-refractivity contribution >= 4 is 45.2 Å². The fourth-order valence-corrected chi connectivity index (χ4v) is 4.12. The highest BCUT2D eigenvalue weighted by Crippen LogP contribution is 2.31. The lowest BCUT2D eigenvalue weighted by Gasteiger charge is -2.13. The second-order valence-corrected chi connectivity index (χ2v) is 7.86. The summed E-state index contributed by atoms with van der Waals surface area (Å²) in [5.74, 6) is 0.586. The number of carbonyl (C=O) groups excluding carboxylic acids is 1. The van der Waals surface area contributed by atoms with Crippen molar-refractivity contribution in [2.24, 2.45) is 0 Å². The van der Waals surface area contributed by atoms with Gasteiger partial charge in [0.05, 0.1) is 6.42 Å². The minimum absolute atomic E-state index is 0.161. The molecule has 0 radical (unpaired) electrons. The van der Waals surface area contributed by atoms with Crippen LogP contribution in [0.2, 0.25) is 0 Å². The topological polar surface area (TPSA) is 84.2 Å². The van der Waals surface area contributed by atoms with E-state index >= 15 is 0 Å². The molecule has 29 heavy (non-hydrogen) atoms. The van der Waals surface area contributed by atoms with Gasteiger partial charge in [-0.15, -0.1) is 10.2 Å². The summed E-state index contributed by atoms with van der Waals surface area (Å²) in [5, 5.41) is 19.7. The van der Waals surface area contributed by atoms with E-state index in [0.29, 0.717) is 0 Å². The zero-order valence-corrected chi connectivity index (χ0v) is 17.5. The number of nitrogens with one attached hydrogen (secondary N) is 2. The quantitative estimate of drug-likeness (QED) is 0.490. The first kappa shape index (κ1) is 19.2. The van der Waals surface area contributed by atoms with Gasteiger partial charge in [0, 0.05) is 11.3 Å². The van der Waals surface area contributed by atoms with E-state index in [1.807, 2.05) is 62.4 Å². The number of hydrogen-bond donors (Lipinski definition) is 2. The molecule has 2 heterocycles. The van der Waals surface area contributed by atoms with Gasteiger partial charge in [0.2, 0.25) is 10.9 Å². The van der Waals surface area contributed by atoms with Gasteiger partial charge in [-0.3, -0.25) is 4.79 Å². The van der Waals surface area contributed by atoms with Crippen LogP contribution in [-0.4, -0.2) is 30.8 Å². The monoisotopic (exact) mass is 422 g/mol. The molecule has 0 aliphatic rings. The van der Waals surface area contributed by atoms with Crippen LogP contribution in [0.25, 0.3) is 15.5 Å². The zero-order chi connectivity index (χ0) is 20.4. The summed E-state index contributed by atoms with van der Waals surface area (Å²) in [4.78, 5) is 13.0. The van der Waals surface area contributed by atoms with Crippen molar-refractivity contribution in [1.29, 1.82) is 0 Å². The largest absolute Gasteiger partial charge is 0.332 e. The molecule has 7 nitrogen and oxygen atoms in total. The minimum atomic E-state index is -0.161. The summed E-state index contributed by atoms with van der Waals surface area (Å²) in [6.07, 6.45) is 0.272. The van der Waals surface area contributed by atoms with E-state index in [0.717, 1.165) is 38.2 Å².